The molecule has 3 nitrogen and oxygen atoms in total. The smallest absolute Gasteiger partial charge is 0.153 e. The summed E-state index contributed by atoms with van der Waals surface area (Å²) in [7, 11) is 2.17. The van der Waals surface area contributed by atoms with E-state index in [0.29, 0.717) is 0 Å². The van der Waals surface area contributed by atoms with Gasteiger partial charge in [0.1, 0.15) is 0 Å². The van der Waals surface area contributed by atoms with Gasteiger partial charge in [0.05, 0.1) is 16.9 Å². The molecule has 0 N–H and O–H groups in total. The Morgan fingerprint density at radius 2 is 1.26 bits per heavy atom. The summed E-state index contributed by atoms with van der Waals surface area (Å²) in [5, 5.41) is 2.50. The minimum absolute atomic E-state index is 0.117. The molecule has 5 aromatic carbocycles. The maximum Gasteiger partial charge on any atom is 0.153 e. The van der Waals surface area contributed by atoms with Gasteiger partial charge in [0.2, 0.25) is 0 Å². The first-order chi connectivity index (χ1) is 18.8. The fourth-order valence-corrected chi connectivity index (χ4v) is 6.55. The van der Waals surface area contributed by atoms with E-state index in [2.05, 4.69) is 135 Å². The predicted octanol–water partition coefficient (Wildman–Crippen LogP) is 9.85. The monoisotopic (exact) mass is 508 g/mol. The third kappa shape index (κ3) is 3.50. The SMILES string of the molecule is Cc1ccccc1C(C)(C)c1cc2c(cc1C)c1cc3c(cc1n2C)Oc1ccccc1N3c1ccccc1. The lowest BCUT2D eigenvalue weighted by Gasteiger charge is -2.33. The summed E-state index contributed by atoms with van der Waals surface area (Å²) in [6.45, 7) is 9.14. The molecule has 0 atom stereocenters. The second kappa shape index (κ2) is 8.51. The lowest BCUT2D eigenvalue weighted by atomic mass is 9.74. The first-order valence-corrected chi connectivity index (χ1v) is 13.6. The van der Waals surface area contributed by atoms with Crippen molar-refractivity contribution >= 4 is 38.9 Å². The van der Waals surface area contributed by atoms with Gasteiger partial charge in [-0.25, -0.2) is 0 Å². The number of hydrogen-bond acceptors (Lipinski definition) is 2. The number of ether oxygens (including phenoxy) is 1. The molecule has 1 aliphatic heterocycles. The molecule has 0 spiro atoms. The molecule has 39 heavy (non-hydrogen) atoms. The number of para-hydroxylation sites is 3. The molecule has 6 aromatic rings. The summed E-state index contributed by atoms with van der Waals surface area (Å²) < 4.78 is 8.82. The van der Waals surface area contributed by atoms with Crippen LogP contribution in [-0.4, -0.2) is 4.57 Å². The fraction of sp³-hybridized carbons (Fsp3) is 0.167. The number of benzene rings is 5. The van der Waals surface area contributed by atoms with E-state index in [4.69, 9.17) is 4.74 Å². The van der Waals surface area contributed by atoms with Crippen LogP contribution >= 0.6 is 0 Å². The number of anilines is 3. The average Bonchev–Trinajstić information content (AvgIpc) is 3.20. The van der Waals surface area contributed by atoms with Crippen molar-refractivity contribution in [1.82, 2.24) is 4.57 Å². The molecule has 192 valence electrons. The lowest BCUT2D eigenvalue weighted by Crippen LogP contribution is -2.21. The van der Waals surface area contributed by atoms with Crippen molar-refractivity contribution in [3.8, 4) is 11.5 Å². The highest BCUT2D eigenvalue weighted by Gasteiger charge is 2.30. The summed E-state index contributed by atoms with van der Waals surface area (Å²) in [6, 6.07) is 36.9. The van der Waals surface area contributed by atoms with Crippen molar-refractivity contribution in [3.05, 3.63) is 125 Å². The summed E-state index contributed by atoms with van der Waals surface area (Å²) >= 11 is 0. The van der Waals surface area contributed by atoms with E-state index in [1.807, 2.05) is 12.1 Å². The zero-order valence-corrected chi connectivity index (χ0v) is 23.1. The van der Waals surface area contributed by atoms with Crippen molar-refractivity contribution in [3.63, 3.8) is 0 Å². The number of aromatic nitrogens is 1. The number of nitrogens with zero attached hydrogens (tertiary/aromatic N) is 2. The molecule has 2 heterocycles. The van der Waals surface area contributed by atoms with Gasteiger partial charge in [0.15, 0.2) is 11.5 Å². The van der Waals surface area contributed by atoms with Crippen LogP contribution in [0, 0.1) is 13.8 Å². The minimum Gasteiger partial charge on any atom is -0.453 e. The summed E-state index contributed by atoms with van der Waals surface area (Å²) in [5.74, 6) is 1.73. The topological polar surface area (TPSA) is 17.4 Å². The molecule has 1 aromatic heterocycles. The Labute approximate surface area is 229 Å². The molecule has 0 saturated heterocycles. The Kier molecular flexibility index (Phi) is 5.15. The predicted molar refractivity (Wildman–Crippen MR) is 163 cm³/mol. The van der Waals surface area contributed by atoms with Gasteiger partial charge >= 0.3 is 0 Å². The Hall–Kier alpha value is -4.50. The Morgan fingerprint density at radius 1 is 0.590 bits per heavy atom. The Bertz CT molecular complexity index is 1900. The van der Waals surface area contributed by atoms with Crippen LogP contribution in [0.4, 0.5) is 17.1 Å². The van der Waals surface area contributed by atoms with Crippen molar-refractivity contribution in [2.45, 2.75) is 33.1 Å². The maximum absolute atomic E-state index is 6.51. The van der Waals surface area contributed by atoms with E-state index in [-0.39, 0.29) is 5.41 Å². The van der Waals surface area contributed by atoms with E-state index >= 15 is 0 Å². The van der Waals surface area contributed by atoms with E-state index in [0.717, 1.165) is 28.6 Å². The molecule has 0 radical (unpaired) electrons. The van der Waals surface area contributed by atoms with Crippen molar-refractivity contribution in [1.29, 1.82) is 0 Å². The molecule has 7 rings (SSSR count). The molecule has 0 bridgehead atoms. The first kappa shape index (κ1) is 23.6. The van der Waals surface area contributed by atoms with Gasteiger partial charge in [-0.05, 0) is 78.6 Å². The Morgan fingerprint density at radius 3 is 2.05 bits per heavy atom. The van der Waals surface area contributed by atoms with Gasteiger partial charge in [0.25, 0.3) is 0 Å². The van der Waals surface area contributed by atoms with Crippen molar-refractivity contribution in [2.75, 3.05) is 4.90 Å². The van der Waals surface area contributed by atoms with Crippen LogP contribution in [0.2, 0.25) is 0 Å². The van der Waals surface area contributed by atoms with Crippen LogP contribution in [0.25, 0.3) is 21.8 Å². The molecule has 3 heteroatoms. The Balaban J connectivity index is 1.47. The van der Waals surface area contributed by atoms with Gasteiger partial charge in [-0.3, -0.25) is 0 Å². The number of fused-ring (bicyclic) bond motifs is 5. The van der Waals surface area contributed by atoms with Gasteiger partial charge in [-0.15, -0.1) is 0 Å². The third-order valence-electron chi connectivity index (χ3n) is 8.51. The van der Waals surface area contributed by atoms with Crippen LogP contribution < -0.4 is 9.64 Å². The van der Waals surface area contributed by atoms with Gasteiger partial charge in [0, 0.05) is 40.5 Å². The van der Waals surface area contributed by atoms with E-state index in [1.165, 1.54) is 44.1 Å². The van der Waals surface area contributed by atoms with Crippen molar-refractivity contribution in [2.24, 2.45) is 7.05 Å². The van der Waals surface area contributed by atoms with Crippen LogP contribution in [0.3, 0.4) is 0 Å². The highest BCUT2D eigenvalue weighted by Crippen LogP contribution is 2.52. The van der Waals surface area contributed by atoms with Crippen LogP contribution in [-0.2, 0) is 12.5 Å². The van der Waals surface area contributed by atoms with E-state index in [9.17, 15) is 0 Å². The standard InChI is InChI=1S/C36H32N2O/c1-23-13-9-10-16-28(23)36(3,4)29-21-31-26(19-24(29)2)27-20-33-35(22-32(27)37(31)5)39-34-18-12-11-17-30(34)38(33)25-14-7-6-8-15-25/h6-22H,1-5H3. The highest BCUT2D eigenvalue weighted by molar-refractivity contribution is 6.11. The molecular formula is C36H32N2O. The highest BCUT2D eigenvalue weighted by atomic mass is 16.5. The van der Waals surface area contributed by atoms with Crippen LogP contribution in [0.15, 0.2) is 103 Å². The normalized spacial score (nSPS) is 12.9. The lowest BCUT2D eigenvalue weighted by molar-refractivity contribution is 0.477. The van der Waals surface area contributed by atoms with E-state index < -0.39 is 0 Å². The first-order valence-electron chi connectivity index (χ1n) is 13.6. The summed E-state index contributed by atoms with van der Waals surface area (Å²) in [6.07, 6.45) is 0. The van der Waals surface area contributed by atoms with Crippen LogP contribution in [0.1, 0.15) is 36.1 Å². The molecular weight excluding hydrogens is 476 g/mol. The maximum atomic E-state index is 6.51. The minimum atomic E-state index is -0.117. The van der Waals surface area contributed by atoms with Gasteiger partial charge in [-0.2, -0.15) is 0 Å². The van der Waals surface area contributed by atoms with Crippen LogP contribution in [0.5, 0.6) is 11.5 Å². The average molecular weight is 509 g/mol. The summed E-state index contributed by atoms with van der Waals surface area (Å²) in [5.41, 5.74) is 10.9. The number of hydrogen-bond donors (Lipinski definition) is 0. The number of aryl methyl sites for hydroxylation is 3. The molecule has 0 saturated carbocycles. The zero-order valence-electron chi connectivity index (χ0n) is 23.1. The largest absolute Gasteiger partial charge is 0.453 e. The molecule has 0 amide bonds. The quantitative estimate of drug-likeness (QED) is 0.236. The third-order valence-corrected chi connectivity index (χ3v) is 8.51. The molecule has 1 aliphatic rings. The van der Waals surface area contributed by atoms with Crippen molar-refractivity contribution < 1.29 is 4.74 Å². The number of rotatable bonds is 3. The molecule has 0 aliphatic carbocycles. The molecule has 0 fully saturated rings. The second-order valence-corrected chi connectivity index (χ2v) is 11.3. The summed E-state index contributed by atoms with van der Waals surface area (Å²) in [4.78, 5) is 2.31. The zero-order chi connectivity index (χ0) is 26.9. The van der Waals surface area contributed by atoms with E-state index in [1.54, 1.807) is 0 Å². The fourth-order valence-electron chi connectivity index (χ4n) is 6.55. The van der Waals surface area contributed by atoms with Gasteiger partial charge < -0.3 is 14.2 Å². The second-order valence-electron chi connectivity index (χ2n) is 11.3. The molecule has 0 unspecified atom stereocenters. The van der Waals surface area contributed by atoms with Gasteiger partial charge in [-0.1, -0.05) is 68.4 Å².